The maximum absolute atomic E-state index is 12.9. The molecule has 6 nitrogen and oxygen atoms in total. The summed E-state index contributed by atoms with van der Waals surface area (Å²) in [6.45, 7) is 6.74. The van der Waals surface area contributed by atoms with E-state index in [1.807, 2.05) is 0 Å². The van der Waals surface area contributed by atoms with Crippen molar-refractivity contribution in [3.8, 4) is 0 Å². The topological polar surface area (TPSA) is 78.9 Å². The van der Waals surface area contributed by atoms with E-state index in [4.69, 9.17) is 14.2 Å². The van der Waals surface area contributed by atoms with Crippen LogP contribution in [0.1, 0.15) is 425 Å². The van der Waals surface area contributed by atoms with Crippen molar-refractivity contribution in [1.29, 1.82) is 0 Å². The average Bonchev–Trinajstić information content (AvgIpc) is 3.44. The van der Waals surface area contributed by atoms with Gasteiger partial charge in [0.1, 0.15) is 13.2 Å². The molecule has 0 aromatic rings. The van der Waals surface area contributed by atoms with Crippen LogP contribution < -0.4 is 0 Å². The van der Waals surface area contributed by atoms with Crippen LogP contribution in [0.4, 0.5) is 0 Å². The molecule has 0 saturated heterocycles. The van der Waals surface area contributed by atoms with Gasteiger partial charge in [0, 0.05) is 19.3 Å². The van der Waals surface area contributed by atoms with Gasteiger partial charge in [-0.25, -0.2) is 0 Å². The quantitative estimate of drug-likeness (QED) is 0.0343. The predicted molar refractivity (Wildman–Crippen MR) is 340 cm³/mol. The molecule has 6 heteroatoms. The van der Waals surface area contributed by atoms with Crippen LogP contribution in [0.2, 0.25) is 0 Å². The largest absolute Gasteiger partial charge is 0.462 e. The number of carbonyl (C=O) groups excluding carboxylic acids is 3. The molecule has 0 saturated carbocycles. The molecule has 0 fully saturated rings. The number of ether oxygens (including phenoxy) is 3. The van der Waals surface area contributed by atoms with Crippen molar-refractivity contribution in [2.45, 2.75) is 431 Å². The van der Waals surface area contributed by atoms with Crippen molar-refractivity contribution in [3.63, 3.8) is 0 Å². The van der Waals surface area contributed by atoms with Crippen LogP contribution in [-0.4, -0.2) is 37.2 Å². The van der Waals surface area contributed by atoms with E-state index in [9.17, 15) is 14.4 Å². The summed E-state index contributed by atoms with van der Waals surface area (Å²) in [6.07, 6.45) is 80.0. The summed E-state index contributed by atoms with van der Waals surface area (Å²) >= 11 is 0. The van der Waals surface area contributed by atoms with Crippen molar-refractivity contribution in [2.24, 2.45) is 0 Å². The Bertz CT molecular complexity index is 1170. The van der Waals surface area contributed by atoms with E-state index in [0.29, 0.717) is 19.3 Å². The monoisotopic (exact) mass is 1100 g/mol. The van der Waals surface area contributed by atoms with Crippen molar-refractivity contribution < 1.29 is 28.6 Å². The van der Waals surface area contributed by atoms with E-state index in [-0.39, 0.29) is 31.1 Å². The molecule has 0 heterocycles. The van der Waals surface area contributed by atoms with E-state index in [1.54, 1.807) is 0 Å². The van der Waals surface area contributed by atoms with E-state index < -0.39 is 6.10 Å². The first-order valence-electron chi connectivity index (χ1n) is 36.0. The van der Waals surface area contributed by atoms with E-state index in [1.165, 1.54) is 327 Å². The van der Waals surface area contributed by atoms with Gasteiger partial charge in [0.15, 0.2) is 6.10 Å². The molecule has 464 valence electrons. The molecule has 78 heavy (non-hydrogen) atoms. The van der Waals surface area contributed by atoms with Crippen LogP contribution in [0, 0.1) is 0 Å². The van der Waals surface area contributed by atoms with Crippen molar-refractivity contribution in [3.05, 3.63) is 0 Å². The number of hydrogen-bond donors (Lipinski definition) is 0. The number of carbonyl (C=O) groups is 3. The lowest BCUT2D eigenvalue weighted by molar-refractivity contribution is -0.167. The summed E-state index contributed by atoms with van der Waals surface area (Å²) in [7, 11) is 0. The molecular weight excluding hydrogens is 961 g/mol. The van der Waals surface area contributed by atoms with Crippen LogP contribution >= 0.6 is 0 Å². The minimum Gasteiger partial charge on any atom is -0.462 e. The lowest BCUT2D eigenvalue weighted by atomic mass is 10.0. The van der Waals surface area contributed by atoms with Gasteiger partial charge in [-0.3, -0.25) is 14.4 Å². The number of rotatable bonds is 68. The number of esters is 3. The Morgan fingerprint density at radius 2 is 0.346 bits per heavy atom. The lowest BCUT2D eigenvalue weighted by Crippen LogP contribution is -2.30. The van der Waals surface area contributed by atoms with Gasteiger partial charge in [-0.2, -0.15) is 0 Å². The molecule has 0 bridgehead atoms. The molecule has 0 rings (SSSR count). The first-order valence-corrected chi connectivity index (χ1v) is 36.0. The highest BCUT2D eigenvalue weighted by molar-refractivity contribution is 5.71. The molecule has 1 unspecified atom stereocenters. The predicted octanol–water partition coefficient (Wildman–Crippen LogP) is 24.6. The van der Waals surface area contributed by atoms with Crippen molar-refractivity contribution in [1.82, 2.24) is 0 Å². The highest BCUT2D eigenvalue weighted by Gasteiger charge is 2.20. The van der Waals surface area contributed by atoms with E-state index in [0.717, 1.165) is 57.8 Å². The highest BCUT2D eigenvalue weighted by atomic mass is 16.6. The molecular formula is C72H140O6. The Labute approximate surface area is 488 Å². The second-order valence-electron chi connectivity index (χ2n) is 24.9. The van der Waals surface area contributed by atoms with Crippen LogP contribution in [0.15, 0.2) is 0 Å². The summed E-state index contributed by atoms with van der Waals surface area (Å²) in [5, 5.41) is 0. The van der Waals surface area contributed by atoms with Crippen LogP contribution in [0.25, 0.3) is 0 Å². The molecule has 0 spiro atoms. The summed E-state index contributed by atoms with van der Waals surface area (Å²) in [6, 6.07) is 0. The fourth-order valence-corrected chi connectivity index (χ4v) is 11.5. The molecule has 1 atom stereocenters. The van der Waals surface area contributed by atoms with Crippen LogP contribution in [0.5, 0.6) is 0 Å². The van der Waals surface area contributed by atoms with Gasteiger partial charge >= 0.3 is 17.9 Å². The van der Waals surface area contributed by atoms with E-state index in [2.05, 4.69) is 20.8 Å². The third-order valence-corrected chi connectivity index (χ3v) is 16.9. The first kappa shape index (κ1) is 76.4. The fraction of sp³-hybridized carbons (Fsp3) is 0.958. The van der Waals surface area contributed by atoms with Gasteiger partial charge in [-0.1, -0.05) is 387 Å². The van der Waals surface area contributed by atoms with Crippen LogP contribution in [-0.2, 0) is 28.6 Å². The van der Waals surface area contributed by atoms with Crippen molar-refractivity contribution >= 4 is 17.9 Å². The minimum atomic E-state index is -0.763. The molecule has 0 aliphatic rings. The van der Waals surface area contributed by atoms with Gasteiger partial charge in [-0.05, 0) is 19.3 Å². The molecule has 0 aromatic carbocycles. The first-order chi connectivity index (χ1) is 38.5. The Morgan fingerprint density at radius 3 is 0.513 bits per heavy atom. The van der Waals surface area contributed by atoms with Crippen LogP contribution in [0.3, 0.4) is 0 Å². The maximum atomic E-state index is 12.9. The smallest absolute Gasteiger partial charge is 0.306 e. The van der Waals surface area contributed by atoms with Gasteiger partial charge < -0.3 is 14.2 Å². The Morgan fingerprint density at radius 1 is 0.205 bits per heavy atom. The molecule has 0 amide bonds. The minimum absolute atomic E-state index is 0.0602. The summed E-state index contributed by atoms with van der Waals surface area (Å²) in [5.41, 5.74) is 0. The third kappa shape index (κ3) is 65.2. The van der Waals surface area contributed by atoms with Gasteiger partial charge in [-0.15, -0.1) is 0 Å². The maximum Gasteiger partial charge on any atom is 0.306 e. The summed E-state index contributed by atoms with van der Waals surface area (Å²) in [5.74, 6) is -0.820. The van der Waals surface area contributed by atoms with Gasteiger partial charge in [0.05, 0.1) is 0 Å². The fourth-order valence-electron chi connectivity index (χ4n) is 11.5. The number of hydrogen-bond acceptors (Lipinski definition) is 6. The second-order valence-corrected chi connectivity index (χ2v) is 24.9. The zero-order valence-corrected chi connectivity index (χ0v) is 53.5. The molecule has 0 radical (unpaired) electrons. The normalized spacial score (nSPS) is 11.9. The number of unbranched alkanes of at least 4 members (excludes halogenated alkanes) is 57. The molecule has 0 aliphatic heterocycles. The molecule has 0 N–H and O–H groups in total. The zero-order chi connectivity index (χ0) is 56.4. The second kappa shape index (κ2) is 67.9. The Kier molecular flexibility index (Phi) is 66.5. The van der Waals surface area contributed by atoms with Crippen molar-refractivity contribution in [2.75, 3.05) is 13.2 Å². The molecule has 0 aromatic heterocycles. The summed E-state index contributed by atoms with van der Waals surface area (Å²) < 4.78 is 17.0. The Hall–Kier alpha value is -1.59. The Balaban J connectivity index is 4.15. The standard InChI is InChI=1S/C72H140O6/c1-4-7-10-13-16-19-22-25-27-29-31-33-35-36-37-38-40-41-43-45-47-50-53-56-59-62-65-71(74)77-68-69(67-76-70(73)64-61-58-55-52-49-24-21-18-15-12-9-6-3)78-72(75)66-63-60-57-54-51-48-46-44-42-39-34-32-30-28-26-23-20-17-14-11-8-5-2/h69H,4-68H2,1-3H3. The highest BCUT2D eigenvalue weighted by Crippen LogP contribution is 2.20. The van der Waals surface area contributed by atoms with Gasteiger partial charge in [0.25, 0.3) is 0 Å². The average molecular weight is 1100 g/mol. The van der Waals surface area contributed by atoms with Gasteiger partial charge in [0.2, 0.25) is 0 Å². The third-order valence-electron chi connectivity index (χ3n) is 16.9. The lowest BCUT2D eigenvalue weighted by Gasteiger charge is -2.18. The summed E-state index contributed by atoms with van der Waals surface area (Å²) in [4.78, 5) is 38.4. The van der Waals surface area contributed by atoms with E-state index >= 15 is 0 Å². The SMILES string of the molecule is CCCCCCCCCCCCCCCCCCCCCCCCCCCCC(=O)OCC(COC(=O)CCCCCCCCCCCCCC)OC(=O)CCCCCCCCCCCCCCCCCCCCCCCC. The molecule has 0 aliphatic carbocycles. The zero-order valence-electron chi connectivity index (χ0n) is 53.5.